The maximum atomic E-state index is 6.34. The Kier molecular flexibility index (Phi) is 4.02. The molecule has 3 rings (SSSR count). The Morgan fingerprint density at radius 3 is 2.25 bits per heavy atom. The Hall–Kier alpha value is -1.02. The van der Waals surface area contributed by atoms with E-state index in [1.165, 1.54) is 12.0 Å². The smallest absolute Gasteiger partial charge is 0.0468 e. The topological polar surface area (TPSA) is 12.0 Å². The zero-order valence-corrected chi connectivity index (χ0v) is 12.8. The third-order valence-corrected chi connectivity index (χ3v) is 4.78. The van der Waals surface area contributed by atoms with E-state index < -0.39 is 0 Å². The van der Waals surface area contributed by atoms with Gasteiger partial charge in [-0.2, -0.15) is 0 Å². The van der Waals surface area contributed by atoms with Gasteiger partial charge in [0.2, 0.25) is 0 Å². The second-order valence-corrected chi connectivity index (χ2v) is 6.13. The molecular formula is C17H17Cl2N. The highest BCUT2D eigenvalue weighted by Crippen LogP contribution is 2.55. The molecule has 1 saturated carbocycles. The van der Waals surface area contributed by atoms with Gasteiger partial charge in [0.25, 0.3) is 0 Å². The van der Waals surface area contributed by atoms with Crippen LogP contribution in [0.25, 0.3) is 0 Å². The third kappa shape index (κ3) is 2.58. The van der Waals surface area contributed by atoms with Gasteiger partial charge in [-0.15, -0.1) is 0 Å². The number of nitrogens with one attached hydrogen (secondary N) is 1. The summed E-state index contributed by atoms with van der Waals surface area (Å²) in [5.74, 6) is 1.15. The Balaban J connectivity index is 1.86. The first-order valence-corrected chi connectivity index (χ1v) is 7.64. The fourth-order valence-corrected chi connectivity index (χ4v) is 3.68. The number of hydrogen-bond donors (Lipinski definition) is 1. The van der Waals surface area contributed by atoms with Gasteiger partial charge in [-0.1, -0.05) is 59.6 Å². The predicted octanol–water partition coefficient (Wildman–Crippen LogP) is 5.06. The first-order chi connectivity index (χ1) is 9.72. The van der Waals surface area contributed by atoms with Gasteiger partial charge in [0.1, 0.15) is 0 Å². The van der Waals surface area contributed by atoms with Gasteiger partial charge >= 0.3 is 0 Å². The van der Waals surface area contributed by atoms with Gasteiger partial charge in [0, 0.05) is 21.7 Å². The van der Waals surface area contributed by atoms with Crippen molar-refractivity contribution in [3.05, 3.63) is 69.7 Å². The van der Waals surface area contributed by atoms with Crippen LogP contribution in [-0.2, 0) is 0 Å². The van der Waals surface area contributed by atoms with Crippen LogP contribution in [0.1, 0.15) is 29.5 Å². The highest BCUT2D eigenvalue weighted by molar-refractivity contribution is 6.36. The number of rotatable bonds is 4. The quantitative estimate of drug-likeness (QED) is 0.832. The Morgan fingerprint density at radius 1 is 1.00 bits per heavy atom. The molecule has 0 spiro atoms. The van der Waals surface area contributed by atoms with E-state index in [1.807, 2.05) is 25.2 Å². The van der Waals surface area contributed by atoms with Crippen LogP contribution in [0.2, 0.25) is 10.0 Å². The molecule has 0 aliphatic heterocycles. The molecule has 0 amide bonds. The van der Waals surface area contributed by atoms with E-state index in [9.17, 15) is 0 Å². The second kappa shape index (κ2) is 5.77. The molecule has 2 aromatic rings. The average Bonchev–Trinajstić information content (AvgIpc) is 3.24. The molecule has 1 aliphatic rings. The summed E-state index contributed by atoms with van der Waals surface area (Å²) in [4.78, 5) is 0. The summed E-state index contributed by atoms with van der Waals surface area (Å²) in [6, 6.07) is 16.6. The van der Waals surface area contributed by atoms with E-state index in [4.69, 9.17) is 23.2 Å². The fourth-order valence-electron chi connectivity index (χ4n) is 3.05. The van der Waals surface area contributed by atoms with Crippen molar-refractivity contribution in [2.75, 3.05) is 7.05 Å². The van der Waals surface area contributed by atoms with Crippen molar-refractivity contribution >= 4 is 23.2 Å². The Bertz CT molecular complexity index is 577. The van der Waals surface area contributed by atoms with Crippen LogP contribution in [0.4, 0.5) is 0 Å². The summed E-state index contributed by atoms with van der Waals surface area (Å²) < 4.78 is 0. The lowest BCUT2D eigenvalue weighted by Gasteiger charge is -2.19. The molecule has 1 N–H and O–H groups in total. The van der Waals surface area contributed by atoms with Gasteiger partial charge in [0.05, 0.1) is 0 Å². The van der Waals surface area contributed by atoms with Crippen molar-refractivity contribution in [2.24, 2.45) is 5.92 Å². The SMILES string of the molecule is CNC(c1c(Cl)cccc1Cl)C1CC1c1ccccc1. The van der Waals surface area contributed by atoms with E-state index in [1.54, 1.807) is 0 Å². The lowest BCUT2D eigenvalue weighted by atomic mass is 9.98. The largest absolute Gasteiger partial charge is 0.313 e. The van der Waals surface area contributed by atoms with E-state index in [0.717, 1.165) is 15.6 Å². The van der Waals surface area contributed by atoms with Crippen LogP contribution in [0, 0.1) is 5.92 Å². The first-order valence-electron chi connectivity index (χ1n) is 6.88. The van der Waals surface area contributed by atoms with E-state index in [2.05, 4.69) is 35.6 Å². The molecule has 0 saturated heterocycles. The Morgan fingerprint density at radius 2 is 1.65 bits per heavy atom. The van der Waals surface area contributed by atoms with Crippen LogP contribution in [0.15, 0.2) is 48.5 Å². The molecule has 2 aromatic carbocycles. The van der Waals surface area contributed by atoms with Gasteiger partial charge in [-0.3, -0.25) is 0 Å². The van der Waals surface area contributed by atoms with Crippen LogP contribution in [-0.4, -0.2) is 7.05 Å². The molecule has 1 fully saturated rings. The third-order valence-electron chi connectivity index (χ3n) is 4.12. The molecule has 0 bridgehead atoms. The monoisotopic (exact) mass is 305 g/mol. The zero-order valence-electron chi connectivity index (χ0n) is 11.3. The summed E-state index contributed by atoms with van der Waals surface area (Å²) >= 11 is 12.7. The fraction of sp³-hybridized carbons (Fsp3) is 0.294. The van der Waals surface area contributed by atoms with Gasteiger partial charge < -0.3 is 5.32 Å². The number of benzene rings is 2. The molecule has 104 valence electrons. The van der Waals surface area contributed by atoms with Crippen LogP contribution in [0.5, 0.6) is 0 Å². The summed E-state index contributed by atoms with van der Waals surface area (Å²) in [7, 11) is 1.98. The Labute approximate surface area is 129 Å². The molecule has 0 radical (unpaired) electrons. The minimum absolute atomic E-state index is 0.210. The standard InChI is InChI=1S/C17H17Cl2N/c1-20-17(16-14(18)8-5-9-15(16)19)13-10-12(13)11-6-3-2-4-7-11/h2-9,12-13,17,20H,10H2,1H3. The van der Waals surface area contributed by atoms with Crippen molar-refractivity contribution in [3.63, 3.8) is 0 Å². The molecular weight excluding hydrogens is 289 g/mol. The molecule has 0 aromatic heterocycles. The molecule has 3 heteroatoms. The van der Waals surface area contributed by atoms with Crippen molar-refractivity contribution in [1.29, 1.82) is 0 Å². The maximum absolute atomic E-state index is 6.34. The minimum atomic E-state index is 0.210. The summed E-state index contributed by atoms with van der Waals surface area (Å²) in [5, 5.41) is 4.88. The zero-order chi connectivity index (χ0) is 14.1. The molecule has 1 nitrogen and oxygen atoms in total. The van der Waals surface area contributed by atoms with Crippen molar-refractivity contribution < 1.29 is 0 Å². The predicted molar refractivity (Wildman–Crippen MR) is 85.6 cm³/mol. The van der Waals surface area contributed by atoms with Crippen LogP contribution >= 0.6 is 23.2 Å². The van der Waals surface area contributed by atoms with Crippen molar-refractivity contribution in [1.82, 2.24) is 5.32 Å². The second-order valence-electron chi connectivity index (χ2n) is 5.32. The first kappa shape index (κ1) is 13.9. The van der Waals surface area contributed by atoms with E-state index >= 15 is 0 Å². The van der Waals surface area contributed by atoms with Gasteiger partial charge in [-0.25, -0.2) is 0 Å². The summed E-state index contributed by atoms with van der Waals surface area (Å²) in [6.07, 6.45) is 1.18. The molecule has 0 heterocycles. The van der Waals surface area contributed by atoms with Crippen molar-refractivity contribution in [2.45, 2.75) is 18.4 Å². The summed E-state index contributed by atoms with van der Waals surface area (Å²) in [5.41, 5.74) is 2.43. The number of halogens is 2. The maximum Gasteiger partial charge on any atom is 0.0468 e. The molecule has 1 aliphatic carbocycles. The van der Waals surface area contributed by atoms with Crippen LogP contribution < -0.4 is 5.32 Å². The van der Waals surface area contributed by atoms with Gasteiger partial charge in [-0.05, 0) is 43.0 Å². The van der Waals surface area contributed by atoms with Gasteiger partial charge in [0.15, 0.2) is 0 Å². The van der Waals surface area contributed by atoms with Crippen molar-refractivity contribution in [3.8, 4) is 0 Å². The lowest BCUT2D eigenvalue weighted by molar-refractivity contribution is 0.518. The van der Waals surface area contributed by atoms with E-state index in [0.29, 0.717) is 11.8 Å². The van der Waals surface area contributed by atoms with Crippen LogP contribution in [0.3, 0.4) is 0 Å². The minimum Gasteiger partial charge on any atom is -0.313 e. The molecule has 3 atom stereocenters. The summed E-state index contributed by atoms with van der Waals surface area (Å²) in [6.45, 7) is 0. The highest BCUT2D eigenvalue weighted by Gasteiger charge is 2.44. The highest BCUT2D eigenvalue weighted by atomic mass is 35.5. The van der Waals surface area contributed by atoms with E-state index in [-0.39, 0.29) is 6.04 Å². The lowest BCUT2D eigenvalue weighted by Crippen LogP contribution is -2.20. The number of hydrogen-bond acceptors (Lipinski definition) is 1. The normalized spacial score (nSPS) is 22.6. The molecule has 20 heavy (non-hydrogen) atoms. The molecule has 3 unspecified atom stereocenters. The average molecular weight is 306 g/mol.